The van der Waals surface area contributed by atoms with Gasteiger partial charge in [0.1, 0.15) is 0 Å². The van der Waals surface area contributed by atoms with E-state index in [9.17, 15) is 4.79 Å². The van der Waals surface area contributed by atoms with Crippen molar-refractivity contribution in [1.82, 2.24) is 15.1 Å². The molecule has 3 aliphatic heterocycles. The Morgan fingerprint density at radius 3 is 2.12 bits per heavy atom. The van der Waals surface area contributed by atoms with E-state index >= 15 is 0 Å². The fraction of sp³-hybridized carbons (Fsp3) is 0.950. The Hall–Kier alpha value is -0.0300. The van der Waals surface area contributed by atoms with Gasteiger partial charge in [0.25, 0.3) is 0 Å². The van der Waals surface area contributed by atoms with E-state index in [4.69, 9.17) is 0 Å². The smallest absolute Gasteiger partial charge is 0.222 e. The summed E-state index contributed by atoms with van der Waals surface area (Å²) in [5, 5.41) is 3.69. The molecule has 1 amide bonds. The lowest BCUT2D eigenvalue weighted by Crippen LogP contribution is -2.53. The Morgan fingerprint density at radius 2 is 1.54 bits per heavy atom. The van der Waals surface area contributed by atoms with Crippen LogP contribution in [-0.2, 0) is 4.79 Å². The van der Waals surface area contributed by atoms with Crippen LogP contribution in [0.2, 0.25) is 0 Å². The summed E-state index contributed by atoms with van der Waals surface area (Å²) < 4.78 is 0. The molecule has 0 aromatic heterocycles. The number of carbonyl (C=O) groups excluding carboxylic acids is 1. The molecule has 1 N–H and O–H groups in total. The van der Waals surface area contributed by atoms with Gasteiger partial charge in [0.05, 0.1) is 0 Å². The third kappa shape index (κ3) is 4.04. The van der Waals surface area contributed by atoms with Crippen LogP contribution < -0.4 is 5.32 Å². The zero-order valence-corrected chi connectivity index (χ0v) is 17.4. The van der Waals surface area contributed by atoms with E-state index in [0.717, 1.165) is 50.5 Å². The fourth-order valence-electron chi connectivity index (χ4n) is 6.68. The maximum absolute atomic E-state index is 12.7. The molecule has 5 aliphatic rings. The molecule has 0 aromatic carbocycles. The maximum Gasteiger partial charge on any atom is 0.222 e. The van der Waals surface area contributed by atoms with E-state index < -0.39 is 0 Å². The highest BCUT2D eigenvalue weighted by Gasteiger charge is 2.43. The molecule has 2 saturated carbocycles. The minimum Gasteiger partial charge on any atom is -0.340 e. The molecule has 5 unspecified atom stereocenters. The number of halogens is 2. The average Bonchev–Trinajstić information content (AvgIpc) is 3.31. The SMILES string of the molecule is Cl.Cl.O=C(CC1CC2CCC(C1)N2)N1CCN(C2CC3CCC2C3)CC1. The van der Waals surface area contributed by atoms with Crippen LogP contribution in [0.1, 0.15) is 57.8 Å². The minimum atomic E-state index is 0. The number of rotatable bonds is 3. The van der Waals surface area contributed by atoms with Crippen LogP contribution in [0.25, 0.3) is 0 Å². The molecule has 4 nitrogen and oxygen atoms in total. The first-order valence-corrected chi connectivity index (χ1v) is 10.5. The Bertz CT molecular complexity index is 485. The number of amides is 1. The van der Waals surface area contributed by atoms with E-state index in [1.54, 1.807) is 0 Å². The largest absolute Gasteiger partial charge is 0.340 e. The predicted molar refractivity (Wildman–Crippen MR) is 109 cm³/mol. The van der Waals surface area contributed by atoms with Crippen LogP contribution in [0.15, 0.2) is 0 Å². The number of hydrogen-bond acceptors (Lipinski definition) is 3. The van der Waals surface area contributed by atoms with Gasteiger partial charge in [-0.3, -0.25) is 9.69 Å². The highest BCUT2D eigenvalue weighted by Crippen LogP contribution is 2.46. The van der Waals surface area contributed by atoms with E-state index in [-0.39, 0.29) is 24.8 Å². The molecular weight excluding hydrogens is 369 g/mol. The Morgan fingerprint density at radius 1 is 0.846 bits per heavy atom. The first-order valence-electron chi connectivity index (χ1n) is 10.5. The summed E-state index contributed by atoms with van der Waals surface area (Å²) in [4.78, 5) is 17.6. The van der Waals surface area contributed by atoms with Gasteiger partial charge in [-0.15, -0.1) is 24.8 Å². The number of piperazine rings is 1. The van der Waals surface area contributed by atoms with Crippen molar-refractivity contribution >= 4 is 30.7 Å². The molecule has 2 aliphatic carbocycles. The number of carbonyl (C=O) groups is 1. The zero-order valence-electron chi connectivity index (χ0n) is 15.8. The lowest BCUT2D eigenvalue weighted by Gasteiger charge is -2.41. The normalized spacial score (nSPS) is 41.6. The molecule has 0 aromatic rings. The van der Waals surface area contributed by atoms with Gasteiger partial charge in [-0.1, -0.05) is 6.42 Å². The third-order valence-electron chi connectivity index (χ3n) is 7.87. The first kappa shape index (κ1) is 20.7. The highest BCUT2D eigenvalue weighted by molar-refractivity contribution is 5.85. The van der Waals surface area contributed by atoms with E-state index in [2.05, 4.69) is 15.1 Å². The van der Waals surface area contributed by atoms with Gasteiger partial charge in [0.15, 0.2) is 0 Å². The molecule has 5 atom stereocenters. The number of nitrogens with zero attached hydrogens (tertiary/aromatic N) is 2. The number of piperidine rings is 1. The van der Waals surface area contributed by atoms with Gasteiger partial charge in [-0.2, -0.15) is 0 Å². The standard InChI is InChI=1S/C20H33N3O.2ClH/c24-20(13-15-10-17-3-4-18(11-15)21-17)23-7-5-22(6-8-23)19-12-14-1-2-16(19)9-14;;/h14-19,21H,1-13H2;2*1H. The van der Waals surface area contributed by atoms with Crippen molar-refractivity contribution in [3.63, 3.8) is 0 Å². The van der Waals surface area contributed by atoms with Gasteiger partial charge >= 0.3 is 0 Å². The van der Waals surface area contributed by atoms with Crippen LogP contribution in [0.4, 0.5) is 0 Å². The number of hydrogen-bond donors (Lipinski definition) is 1. The second-order valence-corrected chi connectivity index (χ2v) is 9.34. The van der Waals surface area contributed by atoms with Gasteiger partial charge in [-0.05, 0) is 62.7 Å². The summed E-state index contributed by atoms with van der Waals surface area (Å²) in [7, 11) is 0. The third-order valence-corrected chi connectivity index (χ3v) is 7.87. The quantitative estimate of drug-likeness (QED) is 0.785. The van der Waals surface area contributed by atoms with Gasteiger partial charge < -0.3 is 10.2 Å². The van der Waals surface area contributed by atoms with Crippen molar-refractivity contribution in [3.8, 4) is 0 Å². The average molecular weight is 404 g/mol. The minimum absolute atomic E-state index is 0. The molecule has 5 fully saturated rings. The zero-order chi connectivity index (χ0) is 16.1. The van der Waals surface area contributed by atoms with E-state index in [0.29, 0.717) is 23.9 Å². The molecule has 150 valence electrons. The van der Waals surface area contributed by atoms with Crippen molar-refractivity contribution in [3.05, 3.63) is 0 Å². The van der Waals surface area contributed by atoms with Gasteiger partial charge in [0, 0.05) is 50.7 Å². The van der Waals surface area contributed by atoms with Crippen LogP contribution in [0.5, 0.6) is 0 Å². The predicted octanol–water partition coefficient (Wildman–Crippen LogP) is 3.08. The van der Waals surface area contributed by atoms with Crippen LogP contribution in [-0.4, -0.2) is 60.0 Å². The Balaban J connectivity index is 0.000000980. The molecule has 5 rings (SSSR count). The second kappa shape index (κ2) is 8.55. The van der Waals surface area contributed by atoms with E-state index in [1.165, 1.54) is 51.4 Å². The summed E-state index contributed by atoms with van der Waals surface area (Å²) in [6.07, 6.45) is 11.8. The fourth-order valence-corrected chi connectivity index (χ4v) is 6.68. The van der Waals surface area contributed by atoms with E-state index in [1.807, 2.05) is 0 Å². The van der Waals surface area contributed by atoms with Crippen molar-refractivity contribution in [2.45, 2.75) is 75.9 Å². The molecular formula is C20H35Cl2N3O. The lowest BCUT2D eigenvalue weighted by atomic mass is 9.89. The van der Waals surface area contributed by atoms with Crippen LogP contribution in [0.3, 0.4) is 0 Å². The molecule has 0 spiro atoms. The van der Waals surface area contributed by atoms with Crippen molar-refractivity contribution in [1.29, 1.82) is 0 Å². The number of nitrogens with one attached hydrogen (secondary N) is 1. The monoisotopic (exact) mass is 403 g/mol. The summed E-state index contributed by atoms with van der Waals surface area (Å²) in [5.74, 6) is 3.08. The second-order valence-electron chi connectivity index (χ2n) is 9.34. The highest BCUT2D eigenvalue weighted by atomic mass is 35.5. The van der Waals surface area contributed by atoms with Crippen molar-refractivity contribution < 1.29 is 4.79 Å². The molecule has 4 bridgehead atoms. The van der Waals surface area contributed by atoms with Crippen LogP contribution in [0, 0.1) is 17.8 Å². The van der Waals surface area contributed by atoms with Crippen molar-refractivity contribution in [2.75, 3.05) is 26.2 Å². The topological polar surface area (TPSA) is 35.6 Å². The first-order chi connectivity index (χ1) is 11.7. The summed E-state index contributed by atoms with van der Waals surface area (Å²) in [5.41, 5.74) is 0. The van der Waals surface area contributed by atoms with Gasteiger partial charge in [0.2, 0.25) is 5.91 Å². The summed E-state index contributed by atoms with van der Waals surface area (Å²) in [6.45, 7) is 4.20. The molecule has 6 heteroatoms. The molecule has 26 heavy (non-hydrogen) atoms. The van der Waals surface area contributed by atoms with Crippen LogP contribution >= 0.6 is 24.8 Å². The van der Waals surface area contributed by atoms with Gasteiger partial charge in [-0.25, -0.2) is 0 Å². The Labute approximate surface area is 170 Å². The summed E-state index contributed by atoms with van der Waals surface area (Å²) >= 11 is 0. The molecule has 0 radical (unpaired) electrons. The van der Waals surface area contributed by atoms with Crippen molar-refractivity contribution in [2.24, 2.45) is 17.8 Å². The molecule has 3 heterocycles. The summed E-state index contributed by atoms with van der Waals surface area (Å²) in [6, 6.07) is 2.26. The maximum atomic E-state index is 12.7. The Kier molecular flexibility index (Phi) is 6.80. The lowest BCUT2D eigenvalue weighted by molar-refractivity contribution is -0.134. The molecule has 3 saturated heterocycles. The number of fused-ring (bicyclic) bond motifs is 4.